The van der Waals surface area contributed by atoms with Gasteiger partial charge in [0.15, 0.2) is 17.6 Å². The molecule has 0 aromatic heterocycles. The summed E-state index contributed by atoms with van der Waals surface area (Å²) in [5, 5.41) is 4.72. The van der Waals surface area contributed by atoms with E-state index in [-0.39, 0.29) is 6.10 Å². The van der Waals surface area contributed by atoms with Crippen molar-refractivity contribution in [1.29, 1.82) is 0 Å². The highest BCUT2D eigenvalue weighted by Crippen LogP contribution is 2.29. The van der Waals surface area contributed by atoms with Crippen LogP contribution in [0.25, 0.3) is 6.08 Å². The molecule has 0 bridgehead atoms. The third-order valence-electron chi connectivity index (χ3n) is 3.35. The van der Waals surface area contributed by atoms with Crippen LogP contribution in [0.1, 0.15) is 47.1 Å². The molecule has 0 aliphatic rings. The second kappa shape index (κ2) is 10.5. The van der Waals surface area contributed by atoms with E-state index >= 15 is 0 Å². The van der Waals surface area contributed by atoms with Gasteiger partial charge >= 0.3 is 12.0 Å². The lowest BCUT2D eigenvalue weighted by molar-refractivity contribution is -0.149. The Kier molecular flexibility index (Phi) is 8.69. The number of imide groups is 1. The number of ether oxygens (including phenoxy) is 3. The standard InChI is InChI=1S/C21H30N2O6/c1-13(2)28-16-10-8-15(12-17(16)27-7)9-11-18(24)29-14(3)19(25)22-20(26)23-21(4,5)6/h8-14H,1-7H3,(H2,22,23,25,26)/b11-9+/t14-/m1/s1. The summed E-state index contributed by atoms with van der Waals surface area (Å²) < 4.78 is 16.0. The summed E-state index contributed by atoms with van der Waals surface area (Å²) in [5.41, 5.74) is 0.195. The molecule has 0 fully saturated rings. The van der Waals surface area contributed by atoms with Crippen LogP contribution in [-0.4, -0.2) is 42.8 Å². The van der Waals surface area contributed by atoms with Crippen molar-refractivity contribution in [3.8, 4) is 11.5 Å². The smallest absolute Gasteiger partial charge is 0.331 e. The van der Waals surface area contributed by atoms with Gasteiger partial charge in [0.25, 0.3) is 5.91 Å². The Morgan fingerprint density at radius 1 is 1.07 bits per heavy atom. The van der Waals surface area contributed by atoms with Crippen LogP contribution in [0.3, 0.4) is 0 Å². The number of esters is 1. The maximum Gasteiger partial charge on any atom is 0.331 e. The van der Waals surface area contributed by atoms with Crippen LogP contribution in [0, 0.1) is 0 Å². The Hall–Kier alpha value is -3.03. The zero-order chi connectivity index (χ0) is 22.2. The maximum atomic E-state index is 12.0. The van der Waals surface area contributed by atoms with Crippen molar-refractivity contribution in [2.24, 2.45) is 0 Å². The molecule has 1 rings (SSSR count). The Bertz CT molecular complexity index is 765. The van der Waals surface area contributed by atoms with Crippen molar-refractivity contribution in [3.63, 3.8) is 0 Å². The molecule has 1 atom stereocenters. The number of rotatable bonds is 7. The molecular weight excluding hydrogens is 376 g/mol. The van der Waals surface area contributed by atoms with Gasteiger partial charge in [0.2, 0.25) is 0 Å². The van der Waals surface area contributed by atoms with Crippen LogP contribution in [0.4, 0.5) is 4.79 Å². The summed E-state index contributed by atoms with van der Waals surface area (Å²) in [7, 11) is 1.53. The van der Waals surface area contributed by atoms with E-state index in [1.165, 1.54) is 26.2 Å². The second-order valence-electron chi connectivity index (χ2n) is 7.68. The highest BCUT2D eigenvalue weighted by Gasteiger charge is 2.21. The Labute approximate surface area is 171 Å². The van der Waals surface area contributed by atoms with Gasteiger partial charge in [-0.15, -0.1) is 0 Å². The lowest BCUT2D eigenvalue weighted by atomic mass is 10.1. The molecule has 8 nitrogen and oxygen atoms in total. The van der Waals surface area contributed by atoms with Gasteiger partial charge in [-0.05, 0) is 65.3 Å². The first-order chi connectivity index (χ1) is 13.4. The number of benzene rings is 1. The van der Waals surface area contributed by atoms with Crippen LogP contribution >= 0.6 is 0 Å². The van der Waals surface area contributed by atoms with Crippen LogP contribution in [0.15, 0.2) is 24.3 Å². The number of amides is 3. The molecule has 0 aliphatic heterocycles. The second-order valence-corrected chi connectivity index (χ2v) is 7.68. The van der Waals surface area contributed by atoms with Gasteiger partial charge in [0.05, 0.1) is 13.2 Å². The average molecular weight is 406 g/mol. The van der Waals surface area contributed by atoms with E-state index in [1.54, 1.807) is 39.0 Å². The average Bonchev–Trinajstić information content (AvgIpc) is 2.58. The first-order valence-electron chi connectivity index (χ1n) is 9.27. The lowest BCUT2D eigenvalue weighted by Gasteiger charge is -2.21. The molecule has 1 aromatic rings. The number of urea groups is 1. The van der Waals surface area contributed by atoms with Crippen molar-refractivity contribution < 1.29 is 28.6 Å². The SMILES string of the molecule is COc1cc(/C=C/C(=O)O[C@H](C)C(=O)NC(=O)NC(C)(C)C)ccc1OC(C)C. The Morgan fingerprint density at radius 3 is 2.28 bits per heavy atom. The van der Waals surface area contributed by atoms with Crippen molar-refractivity contribution in [1.82, 2.24) is 10.6 Å². The minimum Gasteiger partial charge on any atom is -0.493 e. The van der Waals surface area contributed by atoms with Gasteiger partial charge < -0.3 is 19.5 Å². The minimum absolute atomic E-state index is 0.00150. The molecule has 0 radical (unpaired) electrons. The first kappa shape index (κ1) is 24.0. The third-order valence-corrected chi connectivity index (χ3v) is 3.35. The molecule has 8 heteroatoms. The zero-order valence-corrected chi connectivity index (χ0v) is 18.0. The van der Waals surface area contributed by atoms with E-state index in [4.69, 9.17) is 14.2 Å². The topological polar surface area (TPSA) is 103 Å². The summed E-state index contributed by atoms with van der Waals surface area (Å²) in [6, 6.07) is 4.57. The number of hydrogen-bond donors (Lipinski definition) is 2. The number of carbonyl (C=O) groups is 3. The van der Waals surface area contributed by atoms with E-state index in [2.05, 4.69) is 10.6 Å². The molecule has 0 saturated heterocycles. The fraction of sp³-hybridized carbons (Fsp3) is 0.476. The molecular formula is C21H30N2O6. The fourth-order valence-corrected chi connectivity index (χ4v) is 2.16. The Balaban J connectivity index is 2.66. The van der Waals surface area contributed by atoms with E-state index in [0.29, 0.717) is 17.1 Å². The van der Waals surface area contributed by atoms with Gasteiger partial charge in [-0.1, -0.05) is 6.07 Å². The molecule has 0 spiro atoms. The van der Waals surface area contributed by atoms with E-state index in [1.807, 2.05) is 13.8 Å². The molecule has 0 unspecified atom stereocenters. The zero-order valence-electron chi connectivity index (χ0n) is 18.0. The van der Waals surface area contributed by atoms with Crippen LogP contribution in [0.5, 0.6) is 11.5 Å². The Morgan fingerprint density at radius 2 is 1.72 bits per heavy atom. The minimum atomic E-state index is -1.13. The van der Waals surface area contributed by atoms with Gasteiger partial charge in [0.1, 0.15) is 0 Å². The molecule has 2 N–H and O–H groups in total. The summed E-state index contributed by atoms with van der Waals surface area (Å²) in [6.45, 7) is 10.5. The number of methoxy groups -OCH3 is 1. The van der Waals surface area contributed by atoms with Gasteiger partial charge in [-0.3, -0.25) is 10.1 Å². The summed E-state index contributed by atoms with van der Waals surface area (Å²) in [5.74, 6) is -0.302. The molecule has 0 aliphatic carbocycles. The predicted molar refractivity (Wildman–Crippen MR) is 110 cm³/mol. The van der Waals surface area contributed by atoms with Crippen molar-refractivity contribution in [3.05, 3.63) is 29.8 Å². The molecule has 0 heterocycles. The highest BCUT2D eigenvalue weighted by atomic mass is 16.5. The summed E-state index contributed by atoms with van der Waals surface area (Å²) >= 11 is 0. The molecule has 3 amide bonds. The van der Waals surface area contributed by atoms with Crippen molar-refractivity contribution >= 4 is 24.0 Å². The van der Waals surface area contributed by atoms with Gasteiger partial charge in [0, 0.05) is 11.6 Å². The number of carbonyl (C=O) groups excluding carboxylic acids is 3. The van der Waals surface area contributed by atoms with Gasteiger partial charge in [-0.25, -0.2) is 9.59 Å². The van der Waals surface area contributed by atoms with Gasteiger partial charge in [-0.2, -0.15) is 0 Å². The third kappa shape index (κ3) is 9.14. The normalized spacial score (nSPS) is 12.4. The van der Waals surface area contributed by atoms with E-state index in [0.717, 1.165) is 0 Å². The van der Waals surface area contributed by atoms with Crippen LogP contribution in [0.2, 0.25) is 0 Å². The maximum absolute atomic E-state index is 12.0. The summed E-state index contributed by atoms with van der Waals surface area (Å²) in [4.78, 5) is 35.6. The highest BCUT2D eigenvalue weighted by molar-refractivity contribution is 5.98. The fourth-order valence-electron chi connectivity index (χ4n) is 2.16. The monoisotopic (exact) mass is 406 g/mol. The van der Waals surface area contributed by atoms with E-state index < -0.39 is 29.6 Å². The molecule has 160 valence electrons. The van der Waals surface area contributed by atoms with Crippen LogP contribution < -0.4 is 20.1 Å². The quantitative estimate of drug-likeness (QED) is 0.533. The lowest BCUT2D eigenvalue weighted by Crippen LogP contribution is -2.50. The van der Waals surface area contributed by atoms with E-state index in [9.17, 15) is 14.4 Å². The number of hydrogen-bond acceptors (Lipinski definition) is 6. The first-order valence-corrected chi connectivity index (χ1v) is 9.27. The molecule has 29 heavy (non-hydrogen) atoms. The predicted octanol–water partition coefficient (Wildman–Crippen LogP) is 3.05. The van der Waals surface area contributed by atoms with Crippen molar-refractivity contribution in [2.45, 2.75) is 59.3 Å². The van der Waals surface area contributed by atoms with Crippen LogP contribution in [-0.2, 0) is 14.3 Å². The summed E-state index contributed by atoms with van der Waals surface area (Å²) in [6.07, 6.45) is 1.59. The largest absolute Gasteiger partial charge is 0.493 e. The number of nitrogens with one attached hydrogen (secondary N) is 2. The molecule has 1 aromatic carbocycles. The molecule has 0 saturated carbocycles. The van der Waals surface area contributed by atoms with Crippen molar-refractivity contribution in [2.75, 3.05) is 7.11 Å².